The van der Waals surface area contributed by atoms with Crippen molar-refractivity contribution in [1.82, 2.24) is 0 Å². The molecule has 0 atom stereocenters. The van der Waals surface area contributed by atoms with Crippen LogP contribution in [0.3, 0.4) is 0 Å². The lowest BCUT2D eigenvalue weighted by molar-refractivity contribution is 0.483. The van der Waals surface area contributed by atoms with Crippen LogP contribution in [-0.4, -0.2) is 0 Å². The zero-order valence-electron chi connectivity index (χ0n) is 7.24. The number of hydrogen-bond donors (Lipinski definition) is 0. The standard InChI is InChI=1S/C10H13F/c1-7-4-8(2)9(3)10(5-7)6-11/h4-5H,6H2,1-3H3. The van der Waals surface area contributed by atoms with E-state index in [1.165, 1.54) is 5.56 Å². The first-order chi connectivity index (χ1) is 5.15. The molecular weight excluding hydrogens is 139 g/mol. The van der Waals surface area contributed by atoms with Crippen molar-refractivity contribution < 1.29 is 4.39 Å². The van der Waals surface area contributed by atoms with E-state index in [9.17, 15) is 4.39 Å². The predicted molar refractivity (Wildman–Crippen MR) is 45.5 cm³/mol. The lowest BCUT2D eigenvalue weighted by Gasteiger charge is -2.06. The van der Waals surface area contributed by atoms with Crippen LogP contribution < -0.4 is 0 Å². The van der Waals surface area contributed by atoms with Gasteiger partial charge in [0.15, 0.2) is 0 Å². The van der Waals surface area contributed by atoms with Gasteiger partial charge in [-0.25, -0.2) is 4.39 Å². The fraction of sp³-hybridized carbons (Fsp3) is 0.400. The summed E-state index contributed by atoms with van der Waals surface area (Å²) in [5.74, 6) is 0. The van der Waals surface area contributed by atoms with E-state index in [1.807, 2.05) is 26.8 Å². The molecule has 60 valence electrons. The molecule has 1 heteroatoms. The Morgan fingerprint density at radius 2 is 1.82 bits per heavy atom. The van der Waals surface area contributed by atoms with Gasteiger partial charge < -0.3 is 0 Å². The second-order valence-corrected chi connectivity index (χ2v) is 3.00. The first kappa shape index (κ1) is 8.25. The smallest absolute Gasteiger partial charge is 0.115 e. The van der Waals surface area contributed by atoms with Crippen LogP contribution in [0.25, 0.3) is 0 Å². The number of halogens is 1. The van der Waals surface area contributed by atoms with Gasteiger partial charge in [0.1, 0.15) is 6.67 Å². The van der Waals surface area contributed by atoms with Gasteiger partial charge >= 0.3 is 0 Å². The molecule has 0 aliphatic rings. The minimum absolute atomic E-state index is 0.353. The summed E-state index contributed by atoms with van der Waals surface area (Å²) in [5, 5.41) is 0. The average Bonchev–Trinajstić information content (AvgIpc) is 1.96. The quantitative estimate of drug-likeness (QED) is 0.580. The van der Waals surface area contributed by atoms with Crippen LogP contribution in [-0.2, 0) is 6.67 Å². The summed E-state index contributed by atoms with van der Waals surface area (Å²) >= 11 is 0. The third kappa shape index (κ3) is 1.59. The molecule has 0 aliphatic carbocycles. The van der Waals surface area contributed by atoms with Crippen LogP contribution in [0.1, 0.15) is 22.3 Å². The molecule has 0 N–H and O–H groups in total. The van der Waals surface area contributed by atoms with Gasteiger partial charge in [-0.05, 0) is 37.5 Å². The summed E-state index contributed by atoms with van der Waals surface area (Å²) in [5.41, 5.74) is 4.22. The first-order valence-electron chi connectivity index (χ1n) is 3.78. The van der Waals surface area contributed by atoms with E-state index in [0.717, 1.165) is 16.7 Å². The minimum Gasteiger partial charge on any atom is -0.246 e. The Labute approximate surface area is 67.1 Å². The molecule has 0 bridgehead atoms. The number of aryl methyl sites for hydroxylation is 2. The molecule has 0 radical (unpaired) electrons. The van der Waals surface area contributed by atoms with Crippen molar-refractivity contribution in [2.45, 2.75) is 27.4 Å². The minimum atomic E-state index is -0.353. The van der Waals surface area contributed by atoms with Crippen LogP contribution in [0.5, 0.6) is 0 Å². The highest BCUT2D eigenvalue weighted by atomic mass is 19.1. The topological polar surface area (TPSA) is 0 Å². The third-order valence-corrected chi connectivity index (χ3v) is 2.06. The van der Waals surface area contributed by atoms with Crippen molar-refractivity contribution in [3.63, 3.8) is 0 Å². The third-order valence-electron chi connectivity index (χ3n) is 2.06. The summed E-state index contributed by atoms with van der Waals surface area (Å²) in [6.45, 7) is 5.62. The molecule has 0 spiro atoms. The number of benzene rings is 1. The van der Waals surface area contributed by atoms with Crippen molar-refractivity contribution >= 4 is 0 Å². The highest BCUT2D eigenvalue weighted by molar-refractivity contribution is 5.36. The molecule has 0 unspecified atom stereocenters. The van der Waals surface area contributed by atoms with E-state index >= 15 is 0 Å². The van der Waals surface area contributed by atoms with Gasteiger partial charge in [0, 0.05) is 0 Å². The predicted octanol–water partition coefficient (Wildman–Crippen LogP) is 3.08. The van der Waals surface area contributed by atoms with Crippen molar-refractivity contribution in [3.8, 4) is 0 Å². The number of hydrogen-bond acceptors (Lipinski definition) is 0. The molecule has 0 aromatic heterocycles. The fourth-order valence-electron chi connectivity index (χ4n) is 1.27. The zero-order valence-corrected chi connectivity index (χ0v) is 7.24. The van der Waals surface area contributed by atoms with E-state index < -0.39 is 0 Å². The summed E-state index contributed by atoms with van der Waals surface area (Å²) < 4.78 is 12.3. The zero-order chi connectivity index (χ0) is 8.43. The first-order valence-corrected chi connectivity index (χ1v) is 3.78. The van der Waals surface area contributed by atoms with E-state index in [0.29, 0.717) is 0 Å². The Morgan fingerprint density at radius 1 is 1.18 bits per heavy atom. The van der Waals surface area contributed by atoms with Gasteiger partial charge in [-0.15, -0.1) is 0 Å². The van der Waals surface area contributed by atoms with Gasteiger partial charge in [0.25, 0.3) is 0 Å². The molecule has 0 saturated heterocycles. The molecule has 0 saturated carbocycles. The fourth-order valence-corrected chi connectivity index (χ4v) is 1.27. The summed E-state index contributed by atoms with van der Waals surface area (Å²) in [7, 11) is 0. The Kier molecular flexibility index (Phi) is 2.28. The maximum Gasteiger partial charge on any atom is 0.115 e. The van der Waals surface area contributed by atoms with Crippen molar-refractivity contribution in [1.29, 1.82) is 0 Å². The van der Waals surface area contributed by atoms with Crippen molar-refractivity contribution in [2.24, 2.45) is 0 Å². The summed E-state index contributed by atoms with van der Waals surface area (Å²) in [6.07, 6.45) is 0. The Bertz CT molecular complexity index is 264. The molecule has 1 aromatic rings. The maximum atomic E-state index is 12.3. The normalized spacial score (nSPS) is 10.2. The molecular formula is C10H13F. The van der Waals surface area contributed by atoms with Gasteiger partial charge in [0.05, 0.1) is 0 Å². The van der Waals surface area contributed by atoms with Crippen LogP contribution >= 0.6 is 0 Å². The Balaban J connectivity index is 3.24. The van der Waals surface area contributed by atoms with Crippen LogP contribution in [0, 0.1) is 20.8 Å². The molecule has 11 heavy (non-hydrogen) atoms. The monoisotopic (exact) mass is 152 g/mol. The Hall–Kier alpha value is -0.850. The second kappa shape index (κ2) is 3.04. The van der Waals surface area contributed by atoms with E-state index in [-0.39, 0.29) is 6.67 Å². The molecule has 1 aromatic carbocycles. The van der Waals surface area contributed by atoms with Gasteiger partial charge in [-0.1, -0.05) is 17.7 Å². The van der Waals surface area contributed by atoms with Crippen molar-refractivity contribution in [3.05, 3.63) is 34.4 Å². The lowest BCUT2D eigenvalue weighted by atomic mass is 10.0. The van der Waals surface area contributed by atoms with Gasteiger partial charge in [-0.2, -0.15) is 0 Å². The maximum absolute atomic E-state index is 12.3. The molecule has 0 amide bonds. The van der Waals surface area contributed by atoms with Crippen LogP contribution in [0.15, 0.2) is 12.1 Å². The Morgan fingerprint density at radius 3 is 2.36 bits per heavy atom. The highest BCUT2D eigenvalue weighted by Crippen LogP contribution is 2.16. The summed E-state index contributed by atoms with van der Waals surface area (Å²) in [6, 6.07) is 3.98. The lowest BCUT2D eigenvalue weighted by Crippen LogP contribution is -1.90. The SMILES string of the molecule is Cc1cc(C)c(C)c(CF)c1. The molecule has 0 heterocycles. The molecule has 0 fully saturated rings. The average molecular weight is 152 g/mol. The highest BCUT2D eigenvalue weighted by Gasteiger charge is 2.00. The second-order valence-electron chi connectivity index (χ2n) is 3.00. The van der Waals surface area contributed by atoms with E-state index in [2.05, 4.69) is 6.07 Å². The largest absolute Gasteiger partial charge is 0.246 e. The molecule has 0 aliphatic heterocycles. The molecule has 0 nitrogen and oxygen atoms in total. The number of rotatable bonds is 1. The van der Waals surface area contributed by atoms with Crippen LogP contribution in [0.2, 0.25) is 0 Å². The van der Waals surface area contributed by atoms with Crippen LogP contribution in [0.4, 0.5) is 4.39 Å². The van der Waals surface area contributed by atoms with E-state index in [4.69, 9.17) is 0 Å². The number of alkyl halides is 1. The van der Waals surface area contributed by atoms with Gasteiger partial charge in [0.2, 0.25) is 0 Å². The van der Waals surface area contributed by atoms with Crippen molar-refractivity contribution in [2.75, 3.05) is 0 Å². The van der Waals surface area contributed by atoms with E-state index in [1.54, 1.807) is 0 Å². The van der Waals surface area contributed by atoms with Gasteiger partial charge in [-0.3, -0.25) is 0 Å². The summed E-state index contributed by atoms with van der Waals surface area (Å²) in [4.78, 5) is 0. The molecule has 1 rings (SSSR count).